The smallest absolute Gasteiger partial charge is 0.201 e. The predicted molar refractivity (Wildman–Crippen MR) is 40.9 cm³/mol. The lowest BCUT2D eigenvalue weighted by Crippen LogP contribution is -2.18. The summed E-state index contributed by atoms with van der Waals surface area (Å²) >= 11 is 1.71. The van der Waals surface area contributed by atoms with Crippen molar-refractivity contribution in [1.82, 2.24) is 0 Å². The molecule has 1 aliphatic carbocycles. The van der Waals surface area contributed by atoms with Gasteiger partial charge in [-0.25, -0.2) is 8.78 Å². The van der Waals surface area contributed by atoms with Crippen molar-refractivity contribution < 1.29 is 8.78 Å². The highest BCUT2D eigenvalue weighted by atomic mass is 127. The van der Waals surface area contributed by atoms with Gasteiger partial charge in [0.1, 0.15) is 0 Å². The number of alkyl halides is 2. The molecule has 0 nitrogen and oxygen atoms in total. The minimum Gasteiger partial charge on any atom is -0.201 e. The summed E-state index contributed by atoms with van der Waals surface area (Å²) in [6.07, 6.45) is 3.08. The molecule has 0 aromatic rings. The van der Waals surface area contributed by atoms with E-state index in [4.69, 9.17) is 0 Å². The number of halogens is 3. The Labute approximate surface area is 66.5 Å². The van der Waals surface area contributed by atoms with E-state index in [0.29, 0.717) is 6.42 Å². The molecule has 0 heterocycles. The molecular formula is C6H7F2I. The minimum absolute atomic E-state index is 0.0295. The lowest BCUT2D eigenvalue weighted by molar-refractivity contribution is 0.0368. The first-order valence-corrected chi connectivity index (χ1v) is 3.95. The Hall–Kier alpha value is 0.330. The molecule has 0 aliphatic heterocycles. The van der Waals surface area contributed by atoms with Crippen molar-refractivity contribution in [1.29, 1.82) is 0 Å². The van der Waals surface area contributed by atoms with Crippen molar-refractivity contribution in [2.24, 2.45) is 0 Å². The second kappa shape index (κ2) is 2.52. The monoisotopic (exact) mass is 244 g/mol. The van der Waals surface area contributed by atoms with Gasteiger partial charge < -0.3 is 0 Å². The van der Waals surface area contributed by atoms with Crippen LogP contribution in [-0.4, -0.2) is 5.92 Å². The molecule has 3 heteroatoms. The van der Waals surface area contributed by atoms with Gasteiger partial charge in [-0.05, 0) is 35.4 Å². The fourth-order valence-corrected chi connectivity index (χ4v) is 1.40. The van der Waals surface area contributed by atoms with Crippen LogP contribution in [0.2, 0.25) is 0 Å². The minimum atomic E-state index is -2.52. The zero-order chi connectivity index (χ0) is 6.91. The molecule has 0 spiro atoms. The van der Waals surface area contributed by atoms with Gasteiger partial charge >= 0.3 is 0 Å². The molecule has 0 aromatic carbocycles. The third-order valence-corrected chi connectivity index (χ3v) is 2.60. The van der Waals surface area contributed by atoms with Crippen LogP contribution in [0.5, 0.6) is 0 Å². The summed E-state index contributed by atoms with van der Waals surface area (Å²) in [4.78, 5) is 0. The Bertz CT molecular complexity index is 140. The first-order valence-electron chi connectivity index (χ1n) is 2.87. The third-order valence-electron chi connectivity index (χ3n) is 1.37. The molecule has 0 aromatic heterocycles. The fourth-order valence-electron chi connectivity index (χ4n) is 0.822. The van der Waals surface area contributed by atoms with Gasteiger partial charge in [0.2, 0.25) is 0 Å². The molecule has 0 radical (unpaired) electrons. The van der Waals surface area contributed by atoms with Gasteiger partial charge in [0.05, 0.1) is 3.58 Å². The maximum absolute atomic E-state index is 12.5. The SMILES string of the molecule is FC1(F)CCCC=C1I. The second-order valence-corrected chi connectivity index (χ2v) is 3.31. The second-order valence-electron chi connectivity index (χ2n) is 2.15. The standard InChI is InChI=1S/C6H7F2I/c7-6(8)4-2-1-3-5(6)9/h3H,1-2,4H2. The molecule has 0 atom stereocenters. The maximum Gasteiger partial charge on any atom is 0.278 e. The number of hydrogen-bond donors (Lipinski definition) is 0. The van der Waals surface area contributed by atoms with Crippen molar-refractivity contribution in [3.05, 3.63) is 9.66 Å². The lowest BCUT2D eigenvalue weighted by Gasteiger charge is -2.19. The molecule has 1 rings (SSSR count). The van der Waals surface area contributed by atoms with E-state index in [0.717, 1.165) is 6.42 Å². The van der Waals surface area contributed by atoms with E-state index in [-0.39, 0.29) is 10.0 Å². The zero-order valence-electron chi connectivity index (χ0n) is 4.83. The average Bonchev–Trinajstić information content (AvgIpc) is 1.77. The van der Waals surface area contributed by atoms with Crippen molar-refractivity contribution >= 4 is 22.6 Å². The van der Waals surface area contributed by atoms with Crippen LogP contribution in [0.3, 0.4) is 0 Å². The molecule has 0 saturated carbocycles. The summed E-state index contributed by atoms with van der Waals surface area (Å²) in [5.74, 6) is -2.52. The molecule has 0 saturated heterocycles. The zero-order valence-corrected chi connectivity index (χ0v) is 6.99. The van der Waals surface area contributed by atoms with Gasteiger partial charge in [0.25, 0.3) is 5.92 Å². The van der Waals surface area contributed by atoms with Crippen LogP contribution in [-0.2, 0) is 0 Å². The van der Waals surface area contributed by atoms with Gasteiger partial charge in [-0.2, -0.15) is 0 Å². The highest BCUT2D eigenvalue weighted by Crippen LogP contribution is 2.37. The molecule has 1 aliphatic rings. The van der Waals surface area contributed by atoms with Crippen LogP contribution in [0.15, 0.2) is 9.66 Å². The van der Waals surface area contributed by atoms with E-state index in [1.807, 2.05) is 0 Å². The lowest BCUT2D eigenvalue weighted by atomic mass is 10.1. The molecule has 0 amide bonds. The van der Waals surface area contributed by atoms with Crippen LogP contribution in [0.25, 0.3) is 0 Å². The first kappa shape index (κ1) is 7.44. The molecule has 0 bridgehead atoms. The average molecular weight is 244 g/mol. The Morgan fingerprint density at radius 3 is 2.56 bits per heavy atom. The Morgan fingerprint density at radius 1 is 1.56 bits per heavy atom. The van der Waals surface area contributed by atoms with Gasteiger partial charge in [-0.1, -0.05) is 6.08 Å². The van der Waals surface area contributed by atoms with Crippen LogP contribution >= 0.6 is 22.6 Å². The van der Waals surface area contributed by atoms with E-state index in [1.54, 1.807) is 28.7 Å². The van der Waals surface area contributed by atoms with E-state index < -0.39 is 5.92 Å². The summed E-state index contributed by atoms with van der Waals surface area (Å²) in [7, 11) is 0. The molecular weight excluding hydrogens is 237 g/mol. The van der Waals surface area contributed by atoms with Crippen molar-refractivity contribution in [3.8, 4) is 0 Å². The van der Waals surface area contributed by atoms with Crippen molar-refractivity contribution in [3.63, 3.8) is 0 Å². The summed E-state index contributed by atoms with van der Waals surface area (Å²) < 4.78 is 25.3. The van der Waals surface area contributed by atoms with Gasteiger partial charge in [0, 0.05) is 6.42 Å². The highest BCUT2D eigenvalue weighted by Gasteiger charge is 2.33. The number of hydrogen-bond acceptors (Lipinski definition) is 0. The Kier molecular flexibility index (Phi) is 2.08. The van der Waals surface area contributed by atoms with Crippen molar-refractivity contribution in [2.75, 3.05) is 0 Å². The number of rotatable bonds is 0. The van der Waals surface area contributed by atoms with Crippen LogP contribution in [0.1, 0.15) is 19.3 Å². The Balaban J connectivity index is 2.73. The molecule has 0 fully saturated rings. The molecule has 9 heavy (non-hydrogen) atoms. The van der Waals surface area contributed by atoms with E-state index in [2.05, 4.69) is 0 Å². The van der Waals surface area contributed by atoms with E-state index in [1.165, 1.54) is 0 Å². The van der Waals surface area contributed by atoms with Crippen LogP contribution in [0.4, 0.5) is 8.78 Å². The molecule has 0 unspecified atom stereocenters. The van der Waals surface area contributed by atoms with Crippen molar-refractivity contribution in [2.45, 2.75) is 25.2 Å². The van der Waals surface area contributed by atoms with Gasteiger partial charge in [-0.3, -0.25) is 0 Å². The molecule has 0 N–H and O–H groups in total. The van der Waals surface area contributed by atoms with Crippen LogP contribution in [0, 0.1) is 0 Å². The van der Waals surface area contributed by atoms with Gasteiger partial charge in [-0.15, -0.1) is 0 Å². The maximum atomic E-state index is 12.5. The summed E-state index contributed by atoms with van der Waals surface area (Å²) in [5.41, 5.74) is 0. The van der Waals surface area contributed by atoms with Gasteiger partial charge in [0.15, 0.2) is 0 Å². The predicted octanol–water partition coefficient (Wildman–Crippen LogP) is 3.12. The Morgan fingerprint density at radius 2 is 2.22 bits per heavy atom. The summed E-state index contributed by atoms with van der Waals surface area (Å²) in [5, 5.41) is 0. The number of allylic oxidation sites excluding steroid dienone is 2. The van der Waals surface area contributed by atoms with E-state index >= 15 is 0 Å². The highest BCUT2D eigenvalue weighted by molar-refractivity contribution is 14.1. The van der Waals surface area contributed by atoms with Crippen LogP contribution < -0.4 is 0 Å². The first-order chi connectivity index (χ1) is 4.13. The topological polar surface area (TPSA) is 0 Å². The largest absolute Gasteiger partial charge is 0.278 e. The normalized spacial score (nSPS) is 25.4. The van der Waals surface area contributed by atoms with E-state index in [9.17, 15) is 8.78 Å². The summed E-state index contributed by atoms with van der Waals surface area (Å²) in [6, 6.07) is 0. The quantitative estimate of drug-likeness (QED) is 0.574. The summed E-state index contributed by atoms with van der Waals surface area (Å²) in [6.45, 7) is 0. The molecule has 52 valence electrons. The third kappa shape index (κ3) is 1.63. The fraction of sp³-hybridized carbons (Fsp3) is 0.667.